The second-order valence-electron chi connectivity index (χ2n) is 5.18. The van der Waals surface area contributed by atoms with Gasteiger partial charge in [0, 0.05) is 18.5 Å². The fourth-order valence-corrected chi connectivity index (χ4v) is 1.66. The molecule has 1 aromatic rings. The average Bonchev–Trinajstić information content (AvgIpc) is 2.21. The van der Waals surface area contributed by atoms with Gasteiger partial charge in [-0.3, -0.25) is 4.79 Å². The highest BCUT2D eigenvalue weighted by Gasteiger charge is 2.13. The van der Waals surface area contributed by atoms with E-state index in [0.29, 0.717) is 23.7 Å². The number of hydrogen-bond donors (Lipinski definition) is 3. The number of halogens is 1. The second kappa shape index (κ2) is 5.96. The quantitative estimate of drug-likeness (QED) is 0.736. The number of nitrogen functional groups attached to an aromatic ring is 1. The van der Waals surface area contributed by atoms with Gasteiger partial charge in [-0.25, -0.2) is 0 Å². The Bertz CT molecular complexity index is 427. The summed E-state index contributed by atoms with van der Waals surface area (Å²) in [5.41, 5.74) is 6.87. The third kappa shape index (κ3) is 4.84. The number of hydrogen-bond acceptors (Lipinski definition) is 3. The maximum absolute atomic E-state index is 11.6. The van der Waals surface area contributed by atoms with Crippen LogP contribution in [0.4, 0.5) is 11.4 Å². The zero-order valence-corrected chi connectivity index (χ0v) is 11.8. The minimum Gasteiger partial charge on any atom is -0.396 e. The summed E-state index contributed by atoms with van der Waals surface area (Å²) in [5, 5.41) is 6.51. The lowest BCUT2D eigenvalue weighted by molar-refractivity contribution is -0.122. The van der Waals surface area contributed by atoms with Gasteiger partial charge in [0.05, 0.1) is 16.4 Å². The zero-order chi connectivity index (χ0) is 13.8. The summed E-state index contributed by atoms with van der Waals surface area (Å²) in [5.74, 6) is 0.00981. The number of carbonyl (C=O) groups excluding carboxylic acids is 1. The third-order valence-electron chi connectivity index (χ3n) is 2.23. The zero-order valence-electron chi connectivity index (χ0n) is 11.0. The Labute approximate surface area is 113 Å². The largest absolute Gasteiger partial charge is 0.396 e. The topological polar surface area (TPSA) is 67.2 Å². The molecule has 0 saturated carbocycles. The molecule has 0 bridgehead atoms. The first kappa shape index (κ1) is 14.6. The molecular weight excluding hydrogens is 250 g/mol. The van der Waals surface area contributed by atoms with E-state index in [1.807, 2.05) is 32.9 Å². The SMILES string of the molecule is CC(C)(C)NC(=O)CCNc1cccc(Cl)c1N. The van der Waals surface area contributed by atoms with Gasteiger partial charge in [0.15, 0.2) is 0 Å². The first-order valence-electron chi connectivity index (χ1n) is 5.88. The molecule has 1 amide bonds. The van der Waals surface area contributed by atoms with Gasteiger partial charge >= 0.3 is 0 Å². The van der Waals surface area contributed by atoms with E-state index < -0.39 is 0 Å². The summed E-state index contributed by atoms with van der Waals surface area (Å²) >= 11 is 5.90. The summed E-state index contributed by atoms with van der Waals surface area (Å²) in [4.78, 5) is 11.6. The molecule has 0 fully saturated rings. The lowest BCUT2D eigenvalue weighted by atomic mass is 10.1. The van der Waals surface area contributed by atoms with Crippen LogP contribution in [0, 0.1) is 0 Å². The Morgan fingerprint density at radius 1 is 1.39 bits per heavy atom. The summed E-state index contributed by atoms with van der Waals surface area (Å²) in [6, 6.07) is 5.38. The number of nitrogens with two attached hydrogens (primary N) is 1. The molecule has 0 aliphatic heterocycles. The fraction of sp³-hybridized carbons (Fsp3) is 0.462. The first-order chi connectivity index (χ1) is 8.29. The van der Waals surface area contributed by atoms with Crippen molar-refractivity contribution in [3.8, 4) is 0 Å². The second-order valence-corrected chi connectivity index (χ2v) is 5.58. The highest BCUT2D eigenvalue weighted by molar-refractivity contribution is 6.33. The minimum atomic E-state index is -0.202. The molecule has 0 unspecified atom stereocenters. The van der Waals surface area contributed by atoms with Gasteiger partial charge in [-0.15, -0.1) is 0 Å². The standard InChI is InChI=1S/C13H20ClN3O/c1-13(2,3)17-11(18)7-8-16-10-6-4-5-9(14)12(10)15/h4-6,16H,7-8,15H2,1-3H3,(H,17,18). The van der Waals surface area contributed by atoms with Gasteiger partial charge in [-0.05, 0) is 32.9 Å². The predicted molar refractivity (Wildman–Crippen MR) is 76.9 cm³/mol. The van der Waals surface area contributed by atoms with Crippen molar-refractivity contribution < 1.29 is 4.79 Å². The third-order valence-corrected chi connectivity index (χ3v) is 2.56. The van der Waals surface area contributed by atoms with Crippen molar-refractivity contribution >= 4 is 28.9 Å². The number of rotatable bonds is 4. The Morgan fingerprint density at radius 2 is 2.06 bits per heavy atom. The van der Waals surface area contributed by atoms with E-state index in [-0.39, 0.29) is 11.4 Å². The molecular formula is C13H20ClN3O. The highest BCUT2D eigenvalue weighted by atomic mass is 35.5. The van der Waals surface area contributed by atoms with Gasteiger partial charge in [0.1, 0.15) is 0 Å². The Balaban J connectivity index is 2.43. The van der Waals surface area contributed by atoms with Crippen molar-refractivity contribution in [2.75, 3.05) is 17.6 Å². The molecule has 0 saturated heterocycles. The number of nitrogens with one attached hydrogen (secondary N) is 2. The molecule has 0 heterocycles. The van der Waals surface area contributed by atoms with Crippen molar-refractivity contribution in [3.63, 3.8) is 0 Å². The van der Waals surface area contributed by atoms with Crippen LogP contribution in [0.1, 0.15) is 27.2 Å². The summed E-state index contributed by atoms with van der Waals surface area (Å²) in [6.07, 6.45) is 0.392. The van der Waals surface area contributed by atoms with E-state index in [9.17, 15) is 4.79 Å². The minimum absolute atomic E-state index is 0.00981. The van der Waals surface area contributed by atoms with E-state index in [2.05, 4.69) is 10.6 Å². The predicted octanol–water partition coefficient (Wildman–Crippen LogP) is 2.64. The van der Waals surface area contributed by atoms with Crippen molar-refractivity contribution in [2.24, 2.45) is 0 Å². The molecule has 18 heavy (non-hydrogen) atoms. The summed E-state index contributed by atoms with van der Waals surface area (Å²) in [6.45, 7) is 6.38. The number of benzene rings is 1. The molecule has 1 aromatic carbocycles. The highest BCUT2D eigenvalue weighted by Crippen LogP contribution is 2.26. The van der Waals surface area contributed by atoms with Crippen molar-refractivity contribution in [1.29, 1.82) is 0 Å². The Hall–Kier alpha value is -1.42. The van der Waals surface area contributed by atoms with E-state index in [1.165, 1.54) is 0 Å². The molecule has 0 spiro atoms. The summed E-state index contributed by atoms with van der Waals surface area (Å²) < 4.78 is 0. The molecule has 100 valence electrons. The summed E-state index contributed by atoms with van der Waals surface area (Å²) in [7, 11) is 0. The molecule has 4 N–H and O–H groups in total. The number of para-hydroxylation sites is 1. The van der Waals surface area contributed by atoms with Crippen LogP contribution in [-0.4, -0.2) is 18.0 Å². The molecule has 4 nitrogen and oxygen atoms in total. The first-order valence-corrected chi connectivity index (χ1v) is 6.26. The number of carbonyl (C=O) groups is 1. The van der Waals surface area contributed by atoms with Crippen LogP contribution in [-0.2, 0) is 4.79 Å². The van der Waals surface area contributed by atoms with E-state index in [1.54, 1.807) is 6.07 Å². The number of anilines is 2. The molecule has 5 heteroatoms. The molecule has 0 aliphatic rings. The maximum atomic E-state index is 11.6. The van der Waals surface area contributed by atoms with Crippen LogP contribution >= 0.6 is 11.6 Å². The van der Waals surface area contributed by atoms with Crippen molar-refractivity contribution in [2.45, 2.75) is 32.7 Å². The average molecular weight is 270 g/mol. The smallest absolute Gasteiger partial charge is 0.222 e. The van der Waals surface area contributed by atoms with Crippen LogP contribution < -0.4 is 16.4 Å². The monoisotopic (exact) mass is 269 g/mol. The van der Waals surface area contributed by atoms with Crippen molar-refractivity contribution in [3.05, 3.63) is 23.2 Å². The molecule has 0 atom stereocenters. The van der Waals surface area contributed by atoms with Crippen LogP contribution in [0.5, 0.6) is 0 Å². The van der Waals surface area contributed by atoms with Gasteiger partial charge in [-0.2, -0.15) is 0 Å². The molecule has 0 aromatic heterocycles. The number of amides is 1. The normalized spacial score (nSPS) is 11.1. The Kier molecular flexibility index (Phi) is 4.84. The van der Waals surface area contributed by atoms with Gasteiger partial charge in [0.2, 0.25) is 5.91 Å². The lowest BCUT2D eigenvalue weighted by Gasteiger charge is -2.20. The van der Waals surface area contributed by atoms with Crippen LogP contribution in [0.15, 0.2) is 18.2 Å². The lowest BCUT2D eigenvalue weighted by Crippen LogP contribution is -2.41. The molecule has 0 radical (unpaired) electrons. The molecule has 0 aliphatic carbocycles. The maximum Gasteiger partial charge on any atom is 0.222 e. The fourth-order valence-electron chi connectivity index (χ4n) is 1.48. The van der Waals surface area contributed by atoms with E-state index in [0.717, 1.165) is 5.69 Å². The van der Waals surface area contributed by atoms with Crippen LogP contribution in [0.25, 0.3) is 0 Å². The van der Waals surface area contributed by atoms with E-state index in [4.69, 9.17) is 17.3 Å². The van der Waals surface area contributed by atoms with E-state index >= 15 is 0 Å². The van der Waals surface area contributed by atoms with Crippen LogP contribution in [0.2, 0.25) is 5.02 Å². The van der Waals surface area contributed by atoms with Gasteiger partial charge < -0.3 is 16.4 Å². The van der Waals surface area contributed by atoms with Gasteiger partial charge in [-0.1, -0.05) is 17.7 Å². The van der Waals surface area contributed by atoms with Crippen LogP contribution in [0.3, 0.4) is 0 Å². The van der Waals surface area contributed by atoms with Crippen molar-refractivity contribution in [1.82, 2.24) is 5.32 Å². The Morgan fingerprint density at radius 3 is 2.67 bits per heavy atom. The van der Waals surface area contributed by atoms with Gasteiger partial charge in [0.25, 0.3) is 0 Å². The molecule has 1 rings (SSSR count).